The Morgan fingerprint density at radius 1 is 1.22 bits per heavy atom. The van der Waals surface area contributed by atoms with Crippen molar-refractivity contribution >= 4 is 24.6 Å². The molecule has 0 unspecified atom stereocenters. The highest BCUT2D eigenvalue weighted by Crippen LogP contribution is 2.40. The number of nitrogens with zero attached hydrogens (tertiary/aromatic N) is 3. The van der Waals surface area contributed by atoms with Crippen molar-refractivity contribution in [2.75, 3.05) is 26.2 Å². The van der Waals surface area contributed by atoms with Crippen LogP contribution in [-0.4, -0.2) is 87.1 Å². The molecule has 0 aliphatic carbocycles. The third-order valence-electron chi connectivity index (χ3n) is 4.71. The van der Waals surface area contributed by atoms with Crippen LogP contribution in [0.2, 0.25) is 0 Å². The highest BCUT2D eigenvalue weighted by Gasteiger charge is 2.49. The van der Waals surface area contributed by atoms with Crippen molar-refractivity contribution in [3.63, 3.8) is 0 Å². The van der Waals surface area contributed by atoms with E-state index in [0.717, 1.165) is 32.6 Å². The zero-order chi connectivity index (χ0) is 20.6. The van der Waals surface area contributed by atoms with Crippen LogP contribution >= 0.6 is 0 Å². The second-order valence-corrected chi connectivity index (χ2v) is 6.91. The van der Waals surface area contributed by atoms with E-state index in [1.54, 1.807) is 6.07 Å². The predicted octanol–water partition coefficient (Wildman–Crippen LogP) is 0.570. The molecule has 1 aromatic rings. The fourth-order valence-electron chi connectivity index (χ4n) is 3.36. The maximum absolute atomic E-state index is 12.3. The smallest absolute Gasteiger partial charge is 0.290 e. The molecule has 1 aromatic heterocycles. The largest absolute Gasteiger partial charge is 0.483 e. The maximum Gasteiger partial charge on any atom is 0.290 e. The minimum atomic E-state index is -0.250. The molecule has 3 heterocycles. The molecule has 3 rings (SSSR count). The van der Waals surface area contributed by atoms with Crippen molar-refractivity contribution in [3.05, 3.63) is 17.5 Å². The lowest BCUT2D eigenvalue weighted by Crippen LogP contribution is -2.59. The molecule has 10 nitrogen and oxygen atoms in total. The Labute approximate surface area is 157 Å². The number of hydrogen-bond donors (Lipinski definition) is 3. The van der Waals surface area contributed by atoms with Crippen LogP contribution in [0, 0.1) is 5.41 Å². The van der Waals surface area contributed by atoms with Gasteiger partial charge in [-0.3, -0.25) is 24.3 Å². The molecule has 2 fully saturated rings. The second-order valence-electron chi connectivity index (χ2n) is 6.91. The Balaban J connectivity index is 0.000000540. The first-order valence-corrected chi connectivity index (χ1v) is 8.49. The fourth-order valence-corrected chi connectivity index (χ4v) is 3.36. The van der Waals surface area contributed by atoms with Crippen molar-refractivity contribution in [2.24, 2.45) is 5.41 Å². The summed E-state index contributed by atoms with van der Waals surface area (Å²) in [6.45, 7) is 9.20. The lowest BCUT2D eigenvalue weighted by molar-refractivity contribution is -0.123. The van der Waals surface area contributed by atoms with Gasteiger partial charge in [0.2, 0.25) is 0 Å². The molecule has 2 aliphatic heterocycles. The summed E-state index contributed by atoms with van der Waals surface area (Å²) < 4.78 is 0. The number of H-pyrrole nitrogens is 1. The Morgan fingerprint density at radius 3 is 2.19 bits per heavy atom. The number of aromatic nitrogens is 2. The second kappa shape index (κ2) is 9.81. The molecule has 0 atom stereocenters. The van der Waals surface area contributed by atoms with E-state index in [1.807, 2.05) is 4.90 Å². The van der Waals surface area contributed by atoms with Crippen LogP contribution in [-0.2, 0) is 9.59 Å². The van der Waals surface area contributed by atoms with Crippen LogP contribution in [0.15, 0.2) is 6.07 Å². The molecule has 1 spiro atoms. The number of carbonyl (C=O) groups is 4. The van der Waals surface area contributed by atoms with Gasteiger partial charge in [-0.15, -0.1) is 0 Å². The van der Waals surface area contributed by atoms with Crippen LogP contribution in [0.5, 0.6) is 0 Å². The number of ketones is 1. The molecule has 0 aromatic carbocycles. The first-order chi connectivity index (χ1) is 12.7. The van der Waals surface area contributed by atoms with Gasteiger partial charge in [0.15, 0.2) is 5.78 Å². The number of carbonyl (C=O) groups excluding carboxylic acids is 2. The van der Waals surface area contributed by atoms with E-state index in [-0.39, 0.29) is 30.0 Å². The quantitative estimate of drug-likeness (QED) is 0.508. The van der Waals surface area contributed by atoms with E-state index >= 15 is 0 Å². The highest BCUT2D eigenvalue weighted by atomic mass is 16.3. The summed E-state index contributed by atoms with van der Waals surface area (Å²) in [6.07, 6.45) is 1.16. The third-order valence-corrected chi connectivity index (χ3v) is 4.71. The zero-order valence-corrected chi connectivity index (χ0v) is 15.7. The zero-order valence-electron chi connectivity index (χ0n) is 15.7. The number of hydrogen-bond acceptors (Lipinski definition) is 6. The summed E-state index contributed by atoms with van der Waals surface area (Å²) in [6, 6.07) is 2.12. The van der Waals surface area contributed by atoms with Crippen molar-refractivity contribution in [2.45, 2.75) is 33.2 Å². The van der Waals surface area contributed by atoms with Crippen LogP contribution in [0.1, 0.15) is 48.2 Å². The average Bonchev–Trinajstić information content (AvgIpc) is 3.22. The number of aromatic amines is 1. The first-order valence-electron chi connectivity index (χ1n) is 8.49. The molecule has 150 valence electrons. The summed E-state index contributed by atoms with van der Waals surface area (Å²) in [5.74, 6) is -0.183. The van der Waals surface area contributed by atoms with Crippen LogP contribution in [0.3, 0.4) is 0 Å². The Bertz CT molecular complexity index is 660. The average molecular weight is 382 g/mol. The summed E-state index contributed by atoms with van der Waals surface area (Å²) in [5.41, 5.74) is 1.01. The number of likely N-dealkylation sites (tertiary alicyclic amines) is 2. The monoisotopic (exact) mass is 382 g/mol. The Hall–Kier alpha value is -2.75. The number of carboxylic acid groups (broad SMARTS) is 2. The molecule has 3 N–H and O–H groups in total. The standard InChI is InChI=1S/C15H22N4O2.2CH2O2/c1-10(2)18-5-4-15(7-18)8-19(9-15)14(21)13-6-12(11(3)20)16-17-13;2*2-1-3/h6,10H,4-5,7-9H2,1-3H3,(H,16,17);2*1H,(H,2,3). The summed E-state index contributed by atoms with van der Waals surface area (Å²) >= 11 is 0. The lowest BCUT2D eigenvalue weighted by atomic mass is 9.79. The molecule has 0 saturated carbocycles. The molecule has 2 saturated heterocycles. The van der Waals surface area contributed by atoms with Gasteiger partial charge in [0.25, 0.3) is 18.9 Å². The van der Waals surface area contributed by atoms with E-state index in [2.05, 4.69) is 28.9 Å². The maximum atomic E-state index is 12.3. The van der Waals surface area contributed by atoms with E-state index in [1.165, 1.54) is 6.92 Å². The van der Waals surface area contributed by atoms with Crippen LogP contribution < -0.4 is 0 Å². The van der Waals surface area contributed by atoms with Gasteiger partial charge in [-0.25, -0.2) is 0 Å². The van der Waals surface area contributed by atoms with Gasteiger partial charge in [0.1, 0.15) is 11.4 Å². The third kappa shape index (κ3) is 5.61. The molecular formula is C17H26N4O6. The lowest BCUT2D eigenvalue weighted by Gasteiger charge is -2.48. The SMILES string of the molecule is CC(=O)c1cc(C(=O)N2CC3(CCN(C(C)C)C3)C2)[nH]n1.O=CO.O=CO. The van der Waals surface area contributed by atoms with Crippen molar-refractivity contribution in [1.29, 1.82) is 0 Å². The van der Waals surface area contributed by atoms with Crippen LogP contribution in [0.25, 0.3) is 0 Å². The highest BCUT2D eigenvalue weighted by molar-refractivity contribution is 5.97. The van der Waals surface area contributed by atoms with E-state index < -0.39 is 0 Å². The van der Waals surface area contributed by atoms with Gasteiger partial charge in [-0.05, 0) is 32.9 Å². The number of nitrogens with one attached hydrogen (secondary N) is 1. The number of rotatable bonds is 3. The van der Waals surface area contributed by atoms with Gasteiger partial charge in [-0.1, -0.05) is 0 Å². The summed E-state index contributed by atoms with van der Waals surface area (Å²) in [5, 5.41) is 20.3. The topological polar surface area (TPSA) is 144 Å². The van der Waals surface area contributed by atoms with E-state index in [0.29, 0.717) is 17.4 Å². The Kier molecular flexibility index (Phi) is 8.10. The number of amides is 1. The normalized spacial score (nSPS) is 17.3. The van der Waals surface area contributed by atoms with Gasteiger partial charge < -0.3 is 20.0 Å². The van der Waals surface area contributed by atoms with Crippen molar-refractivity contribution in [3.8, 4) is 0 Å². The summed E-state index contributed by atoms with van der Waals surface area (Å²) in [7, 11) is 0. The minimum absolute atomic E-state index is 0.0522. The molecule has 2 aliphatic rings. The molecule has 0 bridgehead atoms. The fraction of sp³-hybridized carbons (Fsp3) is 0.588. The van der Waals surface area contributed by atoms with Gasteiger partial charge in [0, 0.05) is 38.0 Å². The Morgan fingerprint density at radius 2 is 1.78 bits per heavy atom. The predicted molar refractivity (Wildman–Crippen MR) is 95.6 cm³/mol. The van der Waals surface area contributed by atoms with Crippen molar-refractivity contribution < 1.29 is 29.4 Å². The molecule has 1 amide bonds. The molecular weight excluding hydrogens is 356 g/mol. The number of Topliss-reactive ketones (excluding diaryl/α,β-unsaturated/α-hetero) is 1. The first kappa shape index (κ1) is 22.3. The minimum Gasteiger partial charge on any atom is -0.483 e. The van der Waals surface area contributed by atoms with Gasteiger partial charge >= 0.3 is 0 Å². The molecule has 10 heteroatoms. The van der Waals surface area contributed by atoms with Gasteiger partial charge in [-0.2, -0.15) is 5.10 Å². The van der Waals surface area contributed by atoms with Crippen molar-refractivity contribution in [1.82, 2.24) is 20.0 Å². The van der Waals surface area contributed by atoms with E-state index in [9.17, 15) is 9.59 Å². The van der Waals surface area contributed by atoms with Gasteiger partial charge in [0.05, 0.1) is 0 Å². The molecule has 27 heavy (non-hydrogen) atoms. The summed E-state index contributed by atoms with van der Waals surface area (Å²) in [4.78, 5) is 44.6. The van der Waals surface area contributed by atoms with Crippen LogP contribution in [0.4, 0.5) is 0 Å². The molecule has 0 radical (unpaired) electrons. The van der Waals surface area contributed by atoms with E-state index in [4.69, 9.17) is 19.8 Å².